The van der Waals surface area contributed by atoms with Gasteiger partial charge in [0, 0.05) is 6.54 Å². The lowest BCUT2D eigenvalue weighted by molar-refractivity contribution is -0.110. The third-order valence-corrected chi connectivity index (χ3v) is 4.38. The molecule has 0 saturated carbocycles. The van der Waals surface area contributed by atoms with Crippen molar-refractivity contribution in [3.8, 4) is 0 Å². The van der Waals surface area contributed by atoms with Crippen molar-refractivity contribution >= 4 is 17.4 Å². The largest absolute Gasteiger partial charge is 0.349 e. The third-order valence-electron chi connectivity index (χ3n) is 4.38. The van der Waals surface area contributed by atoms with Crippen LogP contribution in [0.1, 0.15) is 49.7 Å². The molecule has 3 rings (SSSR count). The smallest absolute Gasteiger partial charge is 0.207 e. The number of benzene rings is 2. The predicted octanol–water partition coefficient (Wildman–Crippen LogP) is 4.02. The van der Waals surface area contributed by atoms with Crippen LogP contribution in [0.2, 0.25) is 0 Å². The number of imidazole rings is 1. The predicted molar refractivity (Wildman–Crippen MR) is 97.0 cm³/mol. The summed E-state index contributed by atoms with van der Waals surface area (Å²) >= 11 is 0. The zero-order valence-electron chi connectivity index (χ0n) is 14.4. The maximum Gasteiger partial charge on any atom is 0.207 e. The third kappa shape index (κ3) is 3.18. The van der Waals surface area contributed by atoms with Crippen molar-refractivity contribution in [3.05, 3.63) is 65.5 Å². The monoisotopic (exact) mass is 321 g/mol. The second kappa shape index (κ2) is 6.87. The molecule has 1 amide bonds. The molecule has 0 unspecified atom stereocenters. The Hall–Kier alpha value is -2.62. The van der Waals surface area contributed by atoms with Gasteiger partial charge in [-0.15, -0.1) is 0 Å². The van der Waals surface area contributed by atoms with Crippen molar-refractivity contribution < 1.29 is 4.79 Å². The summed E-state index contributed by atoms with van der Waals surface area (Å²) in [5.41, 5.74) is 4.60. The van der Waals surface area contributed by atoms with Crippen LogP contribution in [0, 0.1) is 0 Å². The van der Waals surface area contributed by atoms with Gasteiger partial charge in [-0.1, -0.05) is 50.2 Å². The summed E-state index contributed by atoms with van der Waals surface area (Å²) in [7, 11) is 0. The van der Waals surface area contributed by atoms with Crippen LogP contribution in [0.4, 0.5) is 0 Å². The fourth-order valence-electron chi connectivity index (χ4n) is 2.96. The highest BCUT2D eigenvalue weighted by Crippen LogP contribution is 2.23. The standard InChI is InChI=1S/C20H23N3O/c1-14(2)17-10-8-16(9-11-17)12-23-19-7-5-4-6-18(19)22-20(23)15(3)21-13-24/h4-11,13-15H,12H2,1-3H3,(H,21,24)/t15-/m0/s1. The zero-order chi connectivity index (χ0) is 17.1. The fraction of sp³-hybridized carbons (Fsp3) is 0.300. The minimum atomic E-state index is -0.134. The maximum atomic E-state index is 10.8. The maximum absolute atomic E-state index is 10.8. The Morgan fingerprint density at radius 3 is 2.46 bits per heavy atom. The molecule has 0 aliphatic rings. The summed E-state index contributed by atoms with van der Waals surface area (Å²) in [4.78, 5) is 15.5. The number of nitrogens with zero attached hydrogens (tertiary/aromatic N) is 2. The number of aromatic nitrogens is 2. The van der Waals surface area contributed by atoms with E-state index in [2.05, 4.69) is 54.1 Å². The number of hydrogen-bond donors (Lipinski definition) is 1. The molecule has 4 heteroatoms. The molecule has 124 valence electrons. The minimum Gasteiger partial charge on any atom is -0.349 e. The van der Waals surface area contributed by atoms with Gasteiger partial charge >= 0.3 is 0 Å². The van der Waals surface area contributed by atoms with Gasteiger partial charge in [-0.3, -0.25) is 4.79 Å². The molecule has 2 aromatic carbocycles. The number of para-hydroxylation sites is 2. The van der Waals surface area contributed by atoms with Gasteiger partial charge in [0.05, 0.1) is 17.1 Å². The molecule has 0 spiro atoms. The van der Waals surface area contributed by atoms with Gasteiger partial charge in [0.2, 0.25) is 6.41 Å². The van der Waals surface area contributed by atoms with E-state index in [1.54, 1.807) is 0 Å². The number of carbonyl (C=O) groups excluding carboxylic acids is 1. The van der Waals surface area contributed by atoms with Crippen molar-refractivity contribution in [2.75, 3.05) is 0 Å². The van der Waals surface area contributed by atoms with Gasteiger partial charge in [0.1, 0.15) is 5.82 Å². The van der Waals surface area contributed by atoms with E-state index in [1.165, 1.54) is 11.1 Å². The molecular weight excluding hydrogens is 298 g/mol. The van der Waals surface area contributed by atoms with Gasteiger partial charge in [0.25, 0.3) is 0 Å². The van der Waals surface area contributed by atoms with Crippen molar-refractivity contribution in [2.24, 2.45) is 0 Å². The average Bonchev–Trinajstić information content (AvgIpc) is 2.94. The lowest BCUT2D eigenvalue weighted by Crippen LogP contribution is -2.20. The molecule has 0 aliphatic carbocycles. The molecule has 1 atom stereocenters. The van der Waals surface area contributed by atoms with Gasteiger partial charge in [-0.05, 0) is 36.1 Å². The molecule has 0 saturated heterocycles. The fourth-order valence-corrected chi connectivity index (χ4v) is 2.96. The first-order valence-electron chi connectivity index (χ1n) is 8.34. The van der Waals surface area contributed by atoms with E-state index >= 15 is 0 Å². The van der Waals surface area contributed by atoms with E-state index in [0.29, 0.717) is 5.92 Å². The molecule has 1 heterocycles. The molecule has 1 aromatic heterocycles. The SMILES string of the molecule is CC(C)c1ccc(Cn2c([C@H](C)NC=O)nc3ccccc32)cc1. The Balaban J connectivity index is 2.00. The highest BCUT2D eigenvalue weighted by molar-refractivity contribution is 5.76. The van der Waals surface area contributed by atoms with Crippen LogP contribution in [0.3, 0.4) is 0 Å². The van der Waals surface area contributed by atoms with E-state index in [-0.39, 0.29) is 6.04 Å². The Labute approximate surface area is 142 Å². The molecule has 4 nitrogen and oxygen atoms in total. The Kier molecular flexibility index (Phi) is 4.65. The van der Waals surface area contributed by atoms with Crippen molar-refractivity contribution in [2.45, 2.75) is 39.3 Å². The second-order valence-electron chi connectivity index (χ2n) is 6.45. The van der Waals surface area contributed by atoms with E-state index < -0.39 is 0 Å². The summed E-state index contributed by atoms with van der Waals surface area (Å²) in [6.07, 6.45) is 0.728. The summed E-state index contributed by atoms with van der Waals surface area (Å²) in [6, 6.07) is 16.7. The normalized spacial score (nSPS) is 12.5. The highest BCUT2D eigenvalue weighted by Gasteiger charge is 2.16. The molecule has 24 heavy (non-hydrogen) atoms. The minimum absolute atomic E-state index is 0.134. The Morgan fingerprint density at radius 1 is 1.08 bits per heavy atom. The molecular formula is C20H23N3O. The van der Waals surface area contributed by atoms with Crippen LogP contribution >= 0.6 is 0 Å². The van der Waals surface area contributed by atoms with Crippen molar-refractivity contribution in [1.82, 2.24) is 14.9 Å². The Morgan fingerprint density at radius 2 is 1.79 bits per heavy atom. The number of hydrogen-bond acceptors (Lipinski definition) is 2. The first-order chi connectivity index (χ1) is 11.6. The Bertz CT molecular complexity index is 834. The summed E-state index contributed by atoms with van der Waals surface area (Å²) in [5, 5.41) is 2.81. The number of carbonyl (C=O) groups is 1. The van der Waals surface area contributed by atoms with Gasteiger partial charge in [-0.25, -0.2) is 4.98 Å². The topological polar surface area (TPSA) is 46.9 Å². The quantitative estimate of drug-likeness (QED) is 0.697. The number of rotatable bonds is 6. The molecule has 0 bridgehead atoms. The zero-order valence-corrected chi connectivity index (χ0v) is 14.4. The van der Waals surface area contributed by atoms with Gasteiger partial charge < -0.3 is 9.88 Å². The first kappa shape index (κ1) is 16.2. The van der Waals surface area contributed by atoms with Crippen LogP contribution in [-0.4, -0.2) is 16.0 Å². The van der Waals surface area contributed by atoms with Crippen LogP contribution in [0.25, 0.3) is 11.0 Å². The van der Waals surface area contributed by atoms with Crippen LogP contribution in [-0.2, 0) is 11.3 Å². The van der Waals surface area contributed by atoms with Crippen LogP contribution in [0.5, 0.6) is 0 Å². The lowest BCUT2D eigenvalue weighted by atomic mass is 10.0. The van der Waals surface area contributed by atoms with E-state index in [0.717, 1.165) is 29.8 Å². The molecule has 0 aliphatic heterocycles. The summed E-state index contributed by atoms with van der Waals surface area (Å²) < 4.78 is 2.18. The summed E-state index contributed by atoms with van der Waals surface area (Å²) in [5.74, 6) is 1.40. The van der Waals surface area contributed by atoms with Crippen LogP contribution in [0.15, 0.2) is 48.5 Å². The van der Waals surface area contributed by atoms with Crippen molar-refractivity contribution in [3.63, 3.8) is 0 Å². The summed E-state index contributed by atoms with van der Waals surface area (Å²) in [6.45, 7) is 7.08. The molecule has 3 aromatic rings. The first-order valence-corrected chi connectivity index (χ1v) is 8.34. The molecule has 0 radical (unpaired) electrons. The number of nitrogens with one attached hydrogen (secondary N) is 1. The van der Waals surface area contributed by atoms with Gasteiger partial charge in [-0.2, -0.15) is 0 Å². The highest BCUT2D eigenvalue weighted by atomic mass is 16.1. The second-order valence-corrected chi connectivity index (χ2v) is 6.45. The number of fused-ring (bicyclic) bond motifs is 1. The van der Waals surface area contributed by atoms with E-state index in [4.69, 9.17) is 4.98 Å². The lowest BCUT2D eigenvalue weighted by Gasteiger charge is -2.15. The average molecular weight is 321 g/mol. The van der Waals surface area contributed by atoms with Crippen molar-refractivity contribution in [1.29, 1.82) is 0 Å². The molecule has 0 fully saturated rings. The van der Waals surface area contributed by atoms with E-state index in [9.17, 15) is 4.79 Å². The van der Waals surface area contributed by atoms with E-state index in [1.807, 2.05) is 25.1 Å². The van der Waals surface area contributed by atoms with Gasteiger partial charge in [0.15, 0.2) is 0 Å². The molecule has 1 N–H and O–H groups in total. The van der Waals surface area contributed by atoms with Crippen LogP contribution < -0.4 is 5.32 Å². The number of amides is 1.